The molecule has 0 fully saturated rings. The molecular formula is C18H17BrN2. The summed E-state index contributed by atoms with van der Waals surface area (Å²) in [5.74, 6) is 0. The molecule has 0 amide bonds. The van der Waals surface area contributed by atoms with E-state index in [1.807, 2.05) is 12.3 Å². The van der Waals surface area contributed by atoms with Gasteiger partial charge >= 0.3 is 0 Å². The van der Waals surface area contributed by atoms with Crippen molar-refractivity contribution < 1.29 is 0 Å². The maximum atomic E-state index is 4.46. The molecule has 0 bridgehead atoms. The van der Waals surface area contributed by atoms with Gasteiger partial charge in [-0.15, -0.1) is 0 Å². The van der Waals surface area contributed by atoms with Gasteiger partial charge in [-0.05, 0) is 41.9 Å². The van der Waals surface area contributed by atoms with E-state index in [9.17, 15) is 0 Å². The summed E-state index contributed by atoms with van der Waals surface area (Å²) in [6, 6.07) is 19.1. The molecule has 1 heterocycles. The Morgan fingerprint density at radius 3 is 2.76 bits per heavy atom. The van der Waals surface area contributed by atoms with E-state index in [0.717, 1.165) is 16.5 Å². The Kier molecular flexibility index (Phi) is 4.32. The molecule has 1 atom stereocenters. The molecule has 106 valence electrons. The first-order valence-electron chi connectivity index (χ1n) is 7.12. The molecule has 3 rings (SSSR count). The lowest BCUT2D eigenvalue weighted by Crippen LogP contribution is -2.22. The van der Waals surface area contributed by atoms with E-state index in [2.05, 4.69) is 81.7 Å². The number of hydrogen-bond acceptors (Lipinski definition) is 2. The van der Waals surface area contributed by atoms with Gasteiger partial charge in [0.2, 0.25) is 0 Å². The number of fused-ring (bicyclic) bond motifs is 1. The monoisotopic (exact) mass is 340 g/mol. The second-order valence-corrected chi connectivity index (χ2v) is 5.88. The Hall–Kier alpha value is -1.71. The summed E-state index contributed by atoms with van der Waals surface area (Å²) in [5.41, 5.74) is 3.55. The zero-order valence-corrected chi connectivity index (χ0v) is 13.5. The minimum Gasteiger partial charge on any atom is -0.307 e. The maximum absolute atomic E-state index is 4.46. The summed E-state index contributed by atoms with van der Waals surface area (Å²) in [5, 5.41) is 4.79. The van der Waals surface area contributed by atoms with Crippen LogP contribution in [0.1, 0.15) is 24.1 Å². The fraction of sp³-hybridized carbons (Fsp3) is 0.167. The molecule has 0 saturated heterocycles. The number of hydrogen-bond donors (Lipinski definition) is 1. The summed E-state index contributed by atoms with van der Waals surface area (Å²) in [6.07, 6.45) is 1.84. The van der Waals surface area contributed by atoms with Crippen LogP contribution in [-0.2, 0) is 0 Å². The molecule has 0 aliphatic heterocycles. The van der Waals surface area contributed by atoms with Gasteiger partial charge in [-0.1, -0.05) is 53.2 Å². The second kappa shape index (κ2) is 6.37. The molecule has 0 radical (unpaired) electrons. The lowest BCUT2D eigenvalue weighted by molar-refractivity contribution is 0.634. The predicted molar refractivity (Wildman–Crippen MR) is 91.4 cm³/mol. The van der Waals surface area contributed by atoms with Crippen LogP contribution < -0.4 is 5.32 Å². The molecule has 0 spiro atoms. The van der Waals surface area contributed by atoms with E-state index < -0.39 is 0 Å². The Bertz CT molecular complexity index is 750. The van der Waals surface area contributed by atoms with Crippen LogP contribution in [0.15, 0.2) is 65.3 Å². The van der Waals surface area contributed by atoms with Crippen LogP contribution >= 0.6 is 15.9 Å². The Labute approximate surface area is 133 Å². The molecular weight excluding hydrogens is 324 g/mol. The van der Waals surface area contributed by atoms with Crippen molar-refractivity contribution >= 4 is 26.8 Å². The summed E-state index contributed by atoms with van der Waals surface area (Å²) < 4.78 is 1.10. The topological polar surface area (TPSA) is 24.9 Å². The van der Waals surface area contributed by atoms with Crippen LogP contribution in [0.4, 0.5) is 0 Å². The lowest BCUT2D eigenvalue weighted by Gasteiger charge is -2.21. The van der Waals surface area contributed by atoms with Gasteiger partial charge in [-0.25, -0.2) is 0 Å². The molecule has 3 heteroatoms. The van der Waals surface area contributed by atoms with Crippen LogP contribution in [0, 0.1) is 0 Å². The van der Waals surface area contributed by atoms with E-state index in [1.54, 1.807) is 0 Å². The van der Waals surface area contributed by atoms with Crippen molar-refractivity contribution in [2.45, 2.75) is 13.0 Å². The number of halogens is 1. The van der Waals surface area contributed by atoms with Gasteiger partial charge in [0.05, 0.1) is 11.6 Å². The van der Waals surface area contributed by atoms with E-state index in [-0.39, 0.29) is 6.04 Å². The van der Waals surface area contributed by atoms with Gasteiger partial charge < -0.3 is 5.32 Å². The number of pyridine rings is 1. The largest absolute Gasteiger partial charge is 0.307 e. The maximum Gasteiger partial charge on any atom is 0.0705 e. The molecule has 0 aliphatic carbocycles. The Morgan fingerprint density at radius 1 is 1.10 bits per heavy atom. The molecule has 2 nitrogen and oxygen atoms in total. The molecule has 0 aliphatic rings. The smallest absolute Gasteiger partial charge is 0.0705 e. The average Bonchev–Trinajstić information content (AvgIpc) is 2.52. The molecule has 2 aromatic carbocycles. The molecule has 21 heavy (non-hydrogen) atoms. The first kappa shape index (κ1) is 14.2. The third-order valence-corrected chi connectivity index (χ3v) is 4.07. The summed E-state index contributed by atoms with van der Waals surface area (Å²) in [7, 11) is 0. The van der Waals surface area contributed by atoms with E-state index in [4.69, 9.17) is 0 Å². The SMILES string of the molecule is CCNC(c1cccc(Br)c1)c1cccc2ncccc12. The normalized spacial score (nSPS) is 12.5. The van der Waals surface area contributed by atoms with Gasteiger partial charge in [0.1, 0.15) is 0 Å². The molecule has 0 saturated carbocycles. The molecule has 1 unspecified atom stereocenters. The van der Waals surface area contributed by atoms with E-state index >= 15 is 0 Å². The predicted octanol–water partition coefficient (Wildman–Crippen LogP) is 4.70. The van der Waals surface area contributed by atoms with Crippen molar-refractivity contribution in [1.29, 1.82) is 0 Å². The lowest BCUT2D eigenvalue weighted by atomic mass is 9.95. The standard InChI is InChI=1S/C18H17BrN2/c1-2-20-18(13-6-3-7-14(19)12-13)16-8-4-10-17-15(16)9-5-11-21-17/h3-12,18,20H,2H2,1H3. The van der Waals surface area contributed by atoms with Crippen molar-refractivity contribution in [1.82, 2.24) is 10.3 Å². The zero-order chi connectivity index (χ0) is 14.7. The zero-order valence-electron chi connectivity index (χ0n) is 11.9. The van der Waals surface area contributed by atoms with Crippen molar-refractivity contribution in [2.24, 2.45) is 0 Å². The highest BCUT2D eigenvalue weighted by Crippen LogP contribution is 2.29. The fourth-order valence-electron chi connectivity index (χ4n) is 2.68. The number of aromatic nitrogens is 1. The Morgan fingerprint density at radius 2 is 1.95 bits per heavy atom. The fourth-order valence-corrected chi connectivity index (χ4v) is 3.09. The summed E-state index contributed by atoms with van der Waals surface area (Å²) in [6.45, 7) is 3.04. The molecule has 3 aromatic rings. The van der Waals surface area contributed by atoms with Gasteiger partial charge in [-0.3, -0.25) is 4.98 Å². The number of benzene rings is 2. The minimum absolute atomic E-state index is 0.167. The van der Waals surface area contributed by atoms with Crippen LogP contribution in [-0.4, -0.2) is 11.5 Å². The van der Waals surface area contributed by atoms with Crippen LogP contribution in [0.5, 0.6) is 0 Å². The number of nitrogens with one attached hydrogen (secondary N) is 1. The highest BCUT2D eigenvalue weighted by molar-refractivity contribution is 9.10. The van der Waals surface area contributed by atoms with Gasteiger partial charge in [-0.2, -0.15) is 0 Å². The minimum atomic E-state index is 0.167. The second-order valence-electron chi connectivity index (χ2n) is 4.96. The van der Waals surface area contributed by atoms with Crippen molar-refractivity contribution in [2.75, 3.05) is 6.54 Å². The highest BCUT2D eigenvalue weighted by Gasteiger charge is 2.15. The average molecular weight is 341 g/mol. The summed E-state index contributed by atoms with van der Waals surface area (Å²) >= 11 is 3.56. The molecule has 1 aromatic heterocycles. The van der Waals surface area contributed by atoms with Crippen LogP contribution in [0.2, 0.25) is 0 Å². The van der Waals surface area contributed by atoms with Crippen molar-refractivity contribution in [3.05, 3.63) is 76.4 Å². The quantitative estimate of drug-likeness (QED) is 0.744. The first-order chi connectivity index (χ1) is 10.3. The first-order valence-corrected chi connectivity index (χ1v) is 7.91. The van der Waals surface area contributed by atoms with Gasteiger partial charge in [0, 0.05) is 16.1 Å². The van der Waals surface area contributed by atoms with Crippen LogP contribution in [0.25, 0.3) is 10.9 Å². The van der Waals surface area contributed by atoms with E-state index in [1.165, 1.54) is 16.5 Å². The number of nitrogens with zero attached hydrogens (tertiary/aromatic N) is 1. The summed E-state index contributed by atoms with van der Waals surface area (Å²) in [4.78, 5) is 4.46. The highest BCUT2D eigenvalue weighted by atomic mass is 79.9. The van der Waals surface area contributed by atoms with Crippen molar-refractivity contribution in [3.63, 3.8) is 0 Å². The van der Waals surface area contributed by atoms with E-state index in [0.29, 0.717) is 0 Å². The van der Waals surface area contributed by atoms with Crippen molar-refractivity contribution in [3.8, 4) is 0 Å². The van der Waals surface area contributed by atoms with Gasteiger partial charge in [0.15, 0.2) is 0 Å². The third kappa shape index (κ3) is 2.99. The van der Waals surface area contributed by atoms with Crippen LogP contribution in [0.3, 0.4) is 0 Å². The number of rotatable bonds is 4. The Balaban J connectivity index is 2.16. The third-order valence-electron chi connectivity index (χ3n) is 3.58. The van der Waals surface area contributed by atoms with Gasteiger partial charge in [0.25, 0.3) is 0 Å². The molecule has 1 N–H and O–H groups in total.